The van der Waals surface area contributed by atoms with Crippen molar-refractivity contribution in [3.05, 3.63) is 71.8 Å². The van der Waals surface area contributed by atoms with Crippen LogP contribution in [0.3, 0.4) is 0 Å². The molecule has 0 aromatic heterocycles. The first-order chi connectivity index (χ1) is 35.1. The predicted molar refractivity (Wildman–Crippen MR) is 272 cm³/mol. The van der Waals surface area contributed by atoms with E-state index in [4.69, 9.17) is 28.4 Å². The molecule has 1 heterocycles. The lowest BCUT2D eigenvalue weighted by atomic mass is 9.42. The minimum Gasteiger partial charge on any atom is -0.459 e. The SMILES string of the molecule is CCCCCC(NC(=O)CSCC(=O)O[C@@H](C(=O)O[C@H]1C[C@@]2(O)C(OC(=O)c3ccccc3)[C@@H]3[C@]4(OC(C)=O)CO[C@@H]4CC(=O)[C@@]3(C)[C@H](O)[C@H](O)[C@H](C1C)C2(C)C)[C@@H](NC(=O)OC(C)(C)C)c1ccccc1)C(C)=O. The summed E-state index contributed by atoms with van der Waals surface area (Å²) in [6, 6.07) is 13.7. The number of hydrogen-bond acceptors (Lipinski definition) is 18. The quantitative estimate of drug-likeness (QED) is 0.0692. The molecule has 2 amide bonds. The summed E-state index contributed by atoms with van der Waals surface area (Å²) in [6.45, 7) is 15.3. The molecule has 4 fully saturated rings. The van der Waals surface area contributed by atoms with Gasteiger partial charge in [-0.25, -0.2) is 14.4 Å². The average Bonchev–Trinajstić information content (AvgIpc) is 3.33. The second-order valence-corrected chi connectivity index (χ2v) is 23.2. The van der Waals surface area contributed by atoms with Crippen LogP contribution >= 0.6 is 11.8 Å². The van der Waals surface area contributed by atoms with Gasteiger partial charge in [-0.3, -0.25) is 24.0 Å². The smallest absolute Gasteiger partial charge is 0.408 e. The van der Waals surface area contributed by atoms with Crippen LogP contribution in [0, 0.1) is 28.6 Å². The Morgan fingerprint density at radius 3 is 2.11 bits per heavy atom. The van der Waals surface area contributed by atoms with Crippen molar-refractivity contribution in [2.24, 2.45) is 28.6 Å². The van der Waals surface area contributed by atoms with Crippen molar-refractivity contribution < 1.29 is 82.1 Å². The van der Waals surface area contributed by atoms with E-state index in [0.29, 0.717) is 6.42 Å². The number of ether oxygens (including phenoxy) is 6. The normalized spacial score (nSPS) is 30.9. The van der Waals surface area contributed by atoms with Crippen molar-refractivity contribution in [2.45, 2.75) is 173 Å². The van der Waals surface area contributed by atoms with Gasteiger partial charge in [-0.15, -0.1) is 11.8 Å². The average molecular weight is 1070 g/mol. The van der Waals surface area contributed by atoms with Gasteiger partial charge >= 0.3 is 30.0 Å². The Morgan fingerprint density at radius 1 is 0.893 bits per heavy atom. The number of hydrogen-bond donors (Lipinski definition) is 5. The van der Waals surface area contributed by atoms with Gasteiger partial charge in [-0.2, -0.15) is 0 Å². The van der Waals surface area contributed by atoms with Crippen LogP contribution in [0.15, 0.2) is 60.7 Å². The first kappa shape index (κ1) is 58.8. The van der Waals surface area contributed by atoms with E-state index in [1.165, 1.54) is 26.0 Å². The highest BCUT2D eigenvalue weighted by molar-refractivity contribution is 8.00. The molecule has 2 bridgehead atoms. The molecule has 4 aliphatic rings. The molecular weight excluding hydrogens is 993 g/mol. The number of fused-ring (bicyclic) bond motifs is 5. The summed E-state index contributed by atoms with van der Waals surface area (Å²) in [7, 11) is 0. The molecule has 3 aliphatic carbocycles. The zero-order valence-electron chi connectivity index (χ0n) is 44.5. The Bertz CT molecular complexity index is 2430. The Labute approximate surface area is 442 Å². The zero-order chi connectivity index (χ0) is 55.4. The lowest BCUT2D eigenvalue weighted by Crippen LogP contribution is -2.83. The van der Waals surface area contributed by atoms with Crippen LogP contribution in [0.2, 0.25) is 0 Å². The maximum atomic E-state index is 15.2. The van der Waals surface area contributed by atoms with Gasteiger partial charge in [-0.05, 0) is 64.7 Å². The molecule has 20 heteroatoms. The molecule has 3 unspecified atom stereocenters. The number of esters is 4. The molecule has 19 nitrogen and oxygen atoms in total. The third-order valence-corrected chi connectivity index (χ3v) is 16.6. The zero-order valence-corrected chi connectivity index (χ0v) is 45.3. The van der Waals surface area contributed by atoms with Crippen molar-refractivity contribution in [1.29, 1.82) is 0 Å². The molecule has 3 saturated carbocycles. The molecule has 1 saturated heterocycles. The van der Waals surface area contributed by atoms with Crippen LogP contribution in [-0.2, 0) is 57.2 Å². The number of nitrogens with one attached hydrogen (secondary N) is 2. The molecule has 2 aromatic rings. The summed E-state index contributed by atoms with van der Waals surface area (Å²) in [5.74, 6) is -9.87. The van der Waals surface area contributed by atoms with Crippen molar-refractivity contribution in [2.75, 3.05) is 18.1 Å². The molecule has 1 aliphatic heterocycles. The molecule has 0 radical (unpaired) electrons. The number of carbonyl (C=O) groups excluding carboxylic acids is 8. The van der Waals surface area contributed by atoms with Gasteiger partial charge in [0, 0.05) is 31.1 Å². The highest BCUT2D eigenvalue weighted by Crippen LogP contribution is 2.65. The number of Topliss-reactive ketones (excluding diaryl/α,β-unsaturated/α-hetero) is 2. The van der Waals surface area contributed by atoms with E-state index in [1.807, 2.05) is 6.92 Å². The van der Waals surface area contributed by atoms with Crippen molar-refractivity contribution in [3.8, 4) is 0 Å². The fourth-order valence-corrected chi connectivity index (χ4v) is 12.5. The minimum atomic E-state index is -2.41. The second kappa shape index (κ2) is 23.5. The van der Waals surface area contributed by atoms with Crippen LogP contribution in [0.5, 0.6) is 0 Å². The lowest BCUT2D eigenvalue weighted by Gasteiger charge is -2.69. The summed E-state index contributed by atoms with van der Waals surface area (Å²) in [5.41, 5.74) is -8.54. The van der Waals surface area contributed by atoms with Crippen LogP contribution in [0.25, 0.3) is 0 Å². The van der Waals surface area contributed by atoms with E-state index in [0.717, 1.165) is 37.9 Å². The van der Waals surface area contributed by atoms with Gasteiger partial charge < -0.3 is 54.4 Å². The predicted octanol–water partition coefficient (Wildman–Crippen LogP) is 5.13. The van der Waals surface area contributed by atoms with Gasteiger partial charge in [0.2, 0.25) is 12.0 Å². The molecule has 412 valence electrons. The largest absolute Gasteiger partial charge is 0.459 e. The van der Waals surface area contributed by atoms with E-state index >= 15 is 4.79 Å². The Kier molecular flexibility index (Phi) is 18.4. The monoisotopic (exact) mass is 1070 g/mol. The first-order valence-electron chi connectivity index (χ1n) is 25.6. The number of benzene rings is 2. The Morgan fingerprint density at radius 2 is 1.53 bits per heavy atom. The Balaban J connectivity index is 1.41. The molecule has 5 N–H and O–H groups in total. The summed E-state index contributed by atoms with van der Waals surface area (Å²) in [4.78, 5) is 110. The lowest BCUT2D eigenvalue weighted by molar-refractivity contribution is -0.353. The number of aliphatic hydroxyl groups is 3. The van der Waals surface area contributed by atoms with E-state index in [2.05, 4.69) is 10.6 Å². The molecule has 0 spiro atoms. The van der Waals surface area contributed by atoms with Crippen LogP contribution in [0.4, 0.5) is 4.79 Å². The third-order valence-electron chi connectivity index (χ3n) is 15.7. The first-order valence-corrected chi connectivity index (χ1v) is 26.8. The number of ketones is 2. The van der Waals surface area contributed by atoms with Crippen LogP contribution < -0.4 is 10.6 Å². The van der Waals surface area contributed by atoms with Gasteiger partial charge in [0.15, 0.2) is 11.4 Å². The van der Waals surface area contributed by atoms with Gasteiger partial charge in [-0.1, -0.05) is 95.5 Å². The standard InChI is InChI=1S/C55H74N2O17S/c1-11-12-15-24-35(31(3)58)56-39(61)27-75-28-40(62)71-44(42(33-20-16-13-17-21-33)57-50(67)74-51(5,6)7)49(66)70-36-26-55(68)47(72-48(65)34-22-18-14-19-23-34)45-53(10,46(64)43(63)41(30(36)2)52(55,8)9)37(60)25-38-54(45,29-69-38)73-32(4)59/h13-14,16-23,30,35-36,38,41-47,63-64,68H,11-12,15,24-29H2,1-10H3,(H,56,61)(H,57,67)/t30?,35?,36-,38+,41-,42-,43+,44+,45-,46+,47?,53+,54-,55+/m0/s1. The minimum absolute atomic E-state index is 0.0487. The molecular formula is C55H74N2O17S. The summed E-state index contributed by atoms with van der Waals surface area (Å²) >= 11 is 0.854. The van der Waals surface area contributed by atoms with Gasteiger partial charge in [0.1, 0.15) is 41.3 Å². The van der Waals surface area contributed by atoms with Gasteiger partial charge in [0.05, 0.1) is 53.3 Å². The van der Waals surface area contributed by atoms with Gasteiger partial charge in [0.25, 0.3) is 0 Å². The summed E-state index contributed by atoms with van der Waals surface area (Å²) in [6.07, 6.45) is -9.16. The summed E-state index contributed by atoms with van der Waals surface area (Å²) < 4.78 is 36.3. The maximum Gasteiger partial charge on any atom is 0.408 e. The highest BCUT2D eigenvalue weighted by atomic mass is 32.2. The molecule has 14 atom stereocenters. The number of rotatable bonds is 19. The van der Waals surface area contributed by atoms with E-state index in [-0.39, 0.29) is 35.7 Å². The molecule has 2 aromatic carbocycles. The second-order valence-electron chi connectivity index (χ2n) is 22.2. The van der Waals surface area contributed by atoms with Crippen molar-refractivity contribution in [1.82, 2.24) is 10.6 Å². The van der Waals surface area contributed by atoms with E-state index < -0.39 is 148 Å². The fraction of sp³-hybridized carbons (Fsp3) is 0.636. The number of thioether (sulfide) groups is 1. The fourth-order valence-electron chi connectivity index (χ4n) is 11.9. The van der Waals surface area contributed by atoms with E-state index in [9.17, 15) is 48.9 Å². The van der Waals surface area contributed by atoms with Crippen LogP contribution in [-0.4, -0.2) is 140 Å². The number of amides is 2. The van der Waals surface area contributed by atoms with Crippen molar-refractivity contribution >= 4 is 59.2 Å². The van der Waals surface area contributed by atoms with Crippen molar-refractivity contribution in [3.63, 3.8) is 0 Å². The maximum absolute atomic E-state index is 15.2. The van der Waals surface area contributed by atoms with E-state index in [1.54, 1.807) is 90.1 Å². The number of alkyl carbamates (subject to hydrolysis) is 1. The summed E-state index contributed by atoms with van der Waals surface area (Å²) in [5, 5.41) is 44.4. The molecule has 75 heavy (non-hydrogen) atoms. The molecule has 6 rings (SSSR count). The number of unbranched alkanes of at least 4 members (excludes halogenated alkanes) is 2. The van der Waals surface area contributed by atoms with Crippen LogP contribution in [0.1, 0.15) is 130 Å². The number of aliphatic hydroxyl groups excluding tert-OH is 2. The Hall–Kier alpha value is -5.41. The number of carbonyl (C=O) groups is 8. The third kappa shape index (κ3) is 12.2. The topological polar surface area (TPSA) is 277 Å². The highest BCUT2D eigenvalue weighted by Gasteiger charge is 2.79.